The maximum Gasteiger partial charge on any atom is 1.00 e. The zero-order valence-electron chi connectivity index (χ0n) is 10.6. The molecular formula is C9H17NaO9. The van der Waals surface area contributed by atoms with Crippen molar-refractivity contribution >= 4 is 12.3 Å². The molecule has 0 amide bonds. The summed E-state index contributed by atoms with van der Waals surface area (Å²) in [5.41, 5.74) is 0. The molecule has 9 nitrogen and oxygen atoms in total. The maximum absolute atomic E-state index is 9.90. The summed E-state index contributed by atoms with van der Waals surface area (Å²) in [5, 5.41) is 60.8. The van der Waals surface area contributed by atoms with E-state index in [0.717, 1.165) is 6.92 Å². The number of carbonyl (C=O) groups is 2. The largest absolute Gasteiger partial charge is 1.00 e. The van der Waals surface area contributed by atoms with Crippen molar-refractivity contribution in [3.63, 3.8) is 0 Å². The Morgan fingerprint density at radius 3 is 1.74 bits per heavy atom. The average Bonchev–Trinajstić information content (AvgIpc) is 2.35. The Morgan fingerprint density at radius 2 is 1.53 bits per heavy atom. The Bertz CT molecular complexity index is 248. The smallest absolute Gasteiger partial charge is 0.547 e. The van der Waals surface area contributed by atoms with E-state index in [1.807, 2.05) is 0 Å². The van der Waals surface area contributed by atoms with Gasteiger partial charge >= 0.3 is 29.6 Å². The minimum atomic E-state index is -1.79. The van der Waals surface area contributed by atoms with Crippen molar-refractivity contribution in [2.24, 2.45) is 0 Å². The zero-order valence-corrected chi connectivity index (χ0v) is 12.6. The molecule has 0 radical (unpaired) electrons. The fourth-order valence-electron chi connectivity index (χ4n) is 0.618. The molecular weight excluding hydrogens is 275 g/mol. The van der Waals surface area contributed by atoms with Crippen molar-refractivity contribution in [3.8, 4) is 0 Å². The SMILES string of the molecule is CC(O)C(=O)[O-].O=CC(O)C(O)C(O)C(O)CO.[Na+]. The fourth-order valence-corrected chi connectivity index (χ4v) is 0.618. The van der Waals surface area contributed by atoms with Crippen LogP contribution in [0.4, 0.5) is 0 Å². The monoisotopic (exact) mass is 292 g/mol. The summed E-state index contributed by atoms with van der Waals surface area (Å²) in [6.07, 6.45) is -8.18. The molecule has 0 aliphatic heterocycles. The quantitative estimate of drug-likeness (QED) is 0.205. The molecule has 19 heavy (non-hydrogen) atoms. The van der Waals surface area contributed by atoms with Gasteiger partial charge in [-0.25, -0.2) is 0 Å². The molecule has 0 aromatic rings. The van der Waals surface area contributed by atoms with Crippen LogP contribution in [0.3, 0.4) is 0 Å². The molecule has 0 bridgehead atoms. The van der Waals surface area contributed by atoms with E-state index in [-0.39, 0.29) is 35.8 Å². The van der Waals surface area contributed by atoms with E-state index in [2.05, 4.69) is 0 Å². The van der Waals surface area contributed by atoms with E-state index >= 15 is 0 Å². The third-order valence-electron chi connectivity index (χ3n) is 1.76. The van der Waals surface area contributed by atoms with Crippen molar-refractivity contribution in [1.82, 2.24) is 0 Å². The predicted octanol–water partition coefficient (Wildman–Crippen LogP) is -8.26. The first-order valence-corrected chi connectivity index (χ1v) is 4.86. The normalized spacial score (nSPS) is 17.6. The van der Waals surface area contributed by atoms with Gasteiger partial charge in [-0.15, -0.1) is 0 Å². The minimum Gasteiger partial charge on any atom is -0.547 e. The van der Waals surface area contributed by atoms with Gasteiger partial charge in [0.05, 0.1) is 18.7 Å². The number of hydrogen-bond donors (Lipinski definition) is 6. The van der Waals surface area contributed by atoms with E-state index in [4.69, 9.17) is 30.6 Å². The first kappa shape index (κ1) is 24.0. The second-order valence-electron chi connectivity index (χ2n) is 3.35. The number of aliphatic carboxylic acids is 1. The molecule has 5 atom stereocenters. The third kappa shape index (κ3) is 11.4. The summed E-state index contributed by atoms with van der Waals surface area (Å²) < 4.78 is 0. The van der Waals surface area contributed by atoms with Crippen molar-refractivity contribution in [3.05, 3.63) is 0 Å². The standard InChI is InChI=1S/C6H12O6.C3H6O3.Na/c7-1-3(9)5(11)6(12)4(10)2-8;1-2(4)3(5)6;/h1,3-6,8-12H,2H2;2,4H,1H3,(H,5,6);/q;;+1/p-1. The van der Waals surface area contributed by atoms with E-state index < -0.39 is 43.1 Å². The van der Waals surface area contributed by atoms with Crippen LogP contribution < -0.4 is 34.7 Å². The Labute approximate surface area is 131 Å². The summed E-state index contributed by atoms with van der Waals surface area (Å²) in [7, 11) is 0. The van der Waals surface area contributed by atoms with Crippen molar-refractivity contribution in [2.75, 3.05) is 6.61 Å². The van der Waals surface area contributed by atoms with Crippen LogP contribution in [-0.4, -0.2) is 80.0 Å². The predicted molar refractivity (Wildman–Crippen MR) is 53.9 cm³/mol. The van der Waals surface area contributed by atoms with E-state index in [9.17, 15) is 14.7 Å². The van der Waals surface area contributed by atoms with Gasteiger partial charge in [-0.1, -0.05) is 0 Å². The van der Waals surface area contributed by atoms with Crippen molar-refractivity contribution in [2.45, 2.75) is 37.4 Å². The molecule has 5 unspecified atom stereocenters. The average molecular weight is 292 g/mol. The Morgan fingerprint density at radius 1 is 1.16 bits per heavy atom. The van der Waals surface area contributed by atoms with Gasteiger partial charge < -0.3 is 45.3 Å². The van der Waals surface area contributed by atoms with Gasteiger partial charge in [0.2, 0.25) is 0 Å². The van der Waals surface area contributed by atoms with Gasteiger partial charge in [-0.2, -0.15) is 0 Å². The number of aliphatic hydroxyl groups is 6. The molecule has 10 heteroatoms. The summed E-state index contributed by atoms with van der Waals surface area (Å²) in [5.74, 6) is -1.44. The van der Waals surface area contributed by atoms with Crippen LogP contribution in [0.1, 0.15) is 6.92 Å². The molecule has 0 aromatic carbocycles. The van der Waals surface area contributed by atoms with Crippen LogP contribution in [0.25, 0.3) is 0 Å². The fraction of sp³-hybridized carbons (Fsp3) is 0.778. The first-order chi connectivity index (χ1) is 8.18. The van der Waals surface area contributed by atoms with Gasteiger partial charge in [0.1, 0.15) is 24.4 Å². The third-order valence-corrected chi connectivity index (χ3v) is 1.76. The topological polar surface area (TPSA) is 179 Å². The van der Waals surface area contributed by atoms with Gasteiger partial charge in [0.25, 0.3) is 0 Å². The van der Waals surface area contributed by atoms with Crippen LogP contribution in [0.15, 0.2) is 0 Å². The van der Waals surface area contributed by atoms with E-state index in [1.165, 1.54) is 0 Å². The van der Waals surface area contributed by atoms with Crippen molar-refractivity contribution < 1.29 is 74.9 Å². The van der Waals surface area contributed by atoms with Crippen LogP contribution in [0.2, 0.25) is 0 Å². The number of aldehydes is 1. The molecule has 0 spiro atoms. The second-order valence-corrected chi connectivity index (χ2v) is 3.35. The Balaban J connectivity index is -0.000000313. The number of aliphatic hydroxyl groups excluding tert-OH is 6. The molecule has 6 N–H and O–H groups in total. The van der Waals surface area contributed by atoms with Gasteiger partial charge in [-0.3, -0.25) is 0 Å². The molecule has 0 aliphatic rings. The van der Waals surface area contributed by atoms with E-state index in [0.29, 0.717) is 0 Å². The number of carboxylic acids is 1. The number of carbonyl (C=O) groups excluding carboxylic acids is 2. The van der Waals surface area contributed by atoms with Crippen LogP contribution >= 0.6 is 0 Å². The number of rotatable bonds is 6. The molecule has 0 saturated heterocycles. The molecule has 0 heterocycles. The molecule has 108 valence electrons. The van der Waals surface area contributed by atoms with Crippen molar-refractivity contribution in [1.29, 1.82) is 0 Å². The maximum atomic E-state index is 9.90. The Kier molecular flexibility index (Phi) is 16.3. The number of carboxylic acid groups (broad SMARTS) is 1. The summed E-state index contributed by atoms with van der Waals surface area (Å²) in [6, 6.07) is 0. The van der Waals surface area contributed by atoms with Gasteiger partial charge in [-0.05, 0) is 6.92 Å². The molecule has 0 aliphatic carbocycles. The molecule has 0 saturated carbocycles. The summed E-state index contributed by atoms with van der Waals surface area (Å²) in [4.78, 5) is 19.2. The molecule has 0 rings (SSSR count). The summed E-state index contributed by atoms with van der Waals surface area (Å²) in [6.45, 7) is 0.374. The van der Waals surface area contributed by atoms with E-state index in [1.54, 1.807) is 0 Å². The van der Waals surface area contributed by atoms with Gasteiger partial charge in [0.15, 0.2) is 6.29 Å². The van der Waals surface area contributed by atoms with Gasteiger partial charge in [0, 0.05) is 0 Å². The summed E-state index contributed by atoms with van der Waals surface area (Å²) >= 11 is 0. The van der Waals surface area contributed by atoms with Crippen LogP contribution in [0.5, 0.6) is 0 Å². The Hall–Kier alpha value is -0.100. The molecule has 0 aromatic heterocycles. The van der Waals surface area contributed by atoms with Crippen LogP contribution in [-0.2, 0) is 9.59 Å². The molecule has 0 fully saturated rings. The van der Waals surface area contributed by atoms with Crippen LogP contribution in [0, 0.1) is 0 Å². The minimum absolute atomic E-state index is 0. The zero-order chi connectivity index (χ0) is 14.9. The number of hydrogen-bond acceptors (Lipinski definition) is 9. The second kappa shape index (κ2) is 12.9. The first-order valence-electron chi connectivity index (χ1n) is 4.86.